The Bertz CT molecular complexity index is 627. The van der Waals surface area contributed by atoms with Gasteiger partial charge in [-0.05, 0) is 24.8 Å². The summed E-state index contributed by atoms with van der Waals surface area (Å²) in [6, 6.07) is 1.79. The van der Waals surface area contributed by atoms with Crippen molar-refractivity contribution in [3.8, 4) is 0 Å². The van der Waals surface area contributed by atoms with Crippen LogP contribution in [0.1, 0.15) is 40.4 Å². The van der Waals surface area contributed by atoms with Gasteiger partial charge < -0.3 is 10.6 Å². The zero-order valence-corrected chi connectivity index (χ0v) is 12.6. The maximum Gasteiger partial charge on any atom is 0.275 e. The summed E-state index contributed by atoms with van der Waals surface area (Å²) >= 11 is 1.28. The second-order valence-corrected chi connectivity index (χ2v) is 5.41. The molecule has 2 amide bonds. The van der Waals surface area contributed by atoms with Gasteiger partial charge in [-0.1, -0.05) is 6.92 Å². The summed E-state index contributed by atoms with van der Waals surface area (Å²) in [7, 11) is 0. The summed E-state index contributed by atoms with van der Waals surface area (Å²) in [6.45, 7) is 3.93. The molecule has 0 fully saturated rings. The first kappa shape index (κ1) is 15.1. The zero-order chi connectivity index (χ0) is 15.2. The highest BCUT2D eigenvalue weighted by atomic mass is 32.1. The van der Waals surface area contributed by atoms with Gasteiger partial charge in [-0.25, -0.2) is 4.98 Å². The van der Waals surface area contributed by atoms with Gasteiger partial charge in [0.05, 0.1) is 11.9 Å². The highest BCUT2D eigenvalue weighted by molar-refractivity contribution is 7.12. The van der Waals surface area contributed by atoms with E-state index in [-0.39, 0.29) is 23.6 Å². The molecule has 2 aromatic heterocycles. The number of nitrogens with one attached hydrogen (secondary N) is 2. The maximum absolute atomic E-state index is 12.1. The topological polar surface area (TPSA) is 84.0 Å². The quantitative estimate of drug-likeness (QED) is 0.888. The van der Waals surface area contributed by atoms with E-state index in [2.05, 4.69) is 20.6 Å². The molecule has 7 heteroatoms. The van der Waals surface area contributed by atoms with Crippen LogP contribution in [0.25, 0.3) is 0 Å². The van der Waals surface area contributed by atoms with Crippen LogP contribution >= 0.6 is 11.3 Å². The number of nitrogens with zero attached hydrogens (tertiary/aromatic N) is 2. The lowest BCUT2D eigenvalue weighted by Gasteiger charge is -2.11. The van der Waals surface area contributed by atoms with E-state index in [0.29, 0.717) is 10.6 Å². The minimum atomic E-state index is -0.390. The predicted molar refractivity (Wildman–Crippen MR) is 81.5 cm³/mol. The summed E-state index contributed by atoms with van der Waals surface area (Å²) in [5, 5.41) is 7.33. The monoisotopic (exact) mass is 304 g/mol. The Labute approximate surface area is 126 Å². The number of aromatic nitrogens is 2. The smallest absolute Gasteiger partial charge is 0.275 e. The molecule has 2 N–H and O–H groups in total. The predicted octanol–water partition coefficient (Wildman–Crippen LogP) is 2.32. The van der Waals surface area contributed by atoms with Gasteiger partial charge >= 0.3 is 0 Å². The van der Waals surface area contributed by atoms with Crippen LogP contribution in [0.15, 0.2) is 30.0 Å². The third-order valence-electron chi connectivity index (χ3n) is 2.91. The molecule has 0 aliphatic rings. The van der Waals surface area contributed by atoms with Crippen molar-refractivity contribution in [3.63, 3.8) is 0 Å². The van der Waals surface area contributed by atoms with E-state index < -0.39 is 0 Å². The molecule has 2 heterocycles. The van der Waals surface area contributed by atoms with E-state index >= 15 is 0 Å². The van der Waals surface area contributed by atoms with Gasteiger partial charge in [-0.15, -0.1) is 11.3 Å². The highest BCUT2D eigenvalue weighted by Gasteiger charge is 2.17. The number of carbonyl (C=O) groups is 2. The van der Waals surface area contributed by atoms with Crippen molar-refractivity contribution in [2.24, 2.45) is 0 Å². The normalized spacial score (nSPS) is 11.7. The van der Waals surface area contributed by atoms with Crippen molar-refractivity contribution in [2.75, 3.05) is 5.32 Å². The van der Waals surface area contributed by atoms with Crippen molar-refractivity contribution in [3.05, 3.63) is 40.6 Å². The fourth-order valence-corrected chi connectivity index (χ4v) is 2.33. The fourth-order valence-electron chi connectivity index (χ4n) is 1.58. The third-order valence-corrected chi connectivity index (χ3v) is 3.82. The van der Waals surface area contributed by atoms with Crippen LogP contribution in [0.4, 0.5) is 5.69 Å². The number of thiophene rings is 1. The van der Waals surface area contributed by atoms with Gasteiger partial charge in [0.2, 0.25) is 0 Å². The molecule has 0 aliphatic carbocycles. The van der Waals surface area contributed by atoms with E-state index in [4.69, 9.17) is 0 Å². The first-order valence-electron chi connectivity index (χ1n) is 6.57. The number of rotatable bonds is 5. The molecular formula is C14H16N4O2S. The first-order chi connectivity index (χ1) is 10.1. The molecule has 0 spiro atoms. The molecule has 0 saturated carbocycles. The zero-order valence-electron chi connectivity index (χ0n) is 11.8. The Morgan fingerprint density at radius 1 is 1.33 bits per heavy atom. The number of anilines is 1. The molecule has 1 unspecified atom stereocenters. The van der Waals surface area contributed by atoms with Crippen molar-refractivity contribution < 1.29 is 9.59 Å². The molecule has 0 radical (unpaired) electrons. The van der Waals surface area contributed by atoms with Crippen molar-refractivity contribution in [2.45, 2.75) is 26.3 Å². The van der Waals surface area contributed by atoms with Gasteiger partial charge in [0.15, 0.2) is 0 Å². The number of hydrogen-bond acceptors (Lipinski definition) is 5. The van der Waals surface area contributed by atoms with E-state index in [1.165, 1.54) is 29.9 Å². The van der Waals surface area contributed by atoms with E-state index in [9.17, 15) is 9.59 Å². The number of hydrogen-bond donors (Lipinski definition) is 2. The summed E-state index contributed by atoms with van der Waals surface area (Å²) in [5.74, 6) is -0.576. The van der Waals surface area contributed by atoms with Crippen LogP contribution in [0.2, 0.25) is 0 Å². The fraction of sp³-hybridized carbons (Fsp3) is 0.286. The van der Waals surface area contributed by atoms with Crippen molar-refractivity contribution in [1.29, 1.82) is 0 Å². The molecule has 6 nitrogen and oxygen atoms in total. The molecule has 2 rings (SSSR count). The summed E-state index contributed by atoms with van der Waals surface area (Å²) in [5.41, 5.74) is 0.688. The van der Waals surface area contributed by atoms with Crippen LogP contribution in [-0.4, -0.2) is 27.8 Å². The molecule has 110 valence electrons. The first-order valence-corrected chi connectivity index (χ1v) is 7.45. The molecular weight excluding hydrogens is 288 g/mol. The lowest BCUT2D eigenvalue weighted by molar-refractivity contribution is 0.0944. The lowest BCUT2D eigenvalue weighted by Crippen LogP contribution is -2.32. The van der Waals surface area contributed by atoms with Crippen LogP contribution in [0.5, 0.6) is 0 Å². The van der Waals surface area contributed by atoms with Gasteiger partial charge in [-0.2, -0.15) is 0 Å². The second-order valence-electron chi connectivity index (χ2n) is 4.49. The Morgan fingerprint density at radius 2 is 2.14 bits per heavy atom. The lowest BCUT2D eigenvalue weighted by atomic mass is 10.2. The van der Waals surface area contributed by atoms with Gasteiger partial charge in [-0.3, -0.25) is 14.6 Å². The van der Waals surface area contributed by atoms with E-state index in [0.717, 1.165) is 6.42 Å². The summed E-state index contributed by atoms with van der Waals surface area (Å²) in [6.07, 6.45) is 5.16. The summed E-state index contributed by atoms with van der Waals surface area (Å²) in [4.78, 5) is 32.4. The molecule has 0 bridgehead atoms. The van der Waals surface area contributed by atoms with Crippen LogP contribution in [0, 0.1) is 0 Å². The Hall–Kier alpha value is -2.28. The van der Waals surface area contributed by atoms with Gasteiger partial charge in [0.25, 0.3) is 11.8 Å². The van der Waals surface area contributed by atoms with Crippen LogP contribution in [-0.2, 0) is 0 Å². The Kier molecular flexibility index (Phi) is 4.99. The van der Waals surface area contributed by atoms with Crippen molar-refractivity contribution in [1.82, 2.24) is 15.3 Å². The van der Waals surface area contributed by atoms with Crippen LogP contribution in [0.3, 0.4) is 0 Å². The number of amides is 2. The van der Waals surface area contributed by atoms with Gasteiger partial charge in [0, 0.05) is 18.4 Å². The third kappa shape index (κ3) is 3.85. The van der Waals surface area contributed by atoms with Crippen LogP contribution < -0.4 is 10.6 Å². The average molecular weight is 304 g/mol. The molecule has 0 aromatic carbocycles. The minimum Gasteiger partial charge on any atom is -0.349 e. The molecule has 21 heavy (non-hydrogen) atoms. The second kappa shape index (κ2) is 6.94. The minimum absolute atomic E-state index is 0.0862. The van der Waals surface area contributed by atoms with Gasteiger partial charge in [0.1, 0.15) is 10.6 Å². The molecule has 0 saturated heterocycles. The highest BCUT2D eigenvalue weighted by Crippen LogP contribution is 2.22. The Balaban J connectivity index is 2.10. The standard InChI is InChI=1S/C14H16N4O2S/c1-3-9(2)17-14(20)12-10(4-7-21-12)18-13(19)11-8-15-5-6-16-11/h4-9H,3H2,1-2H3,(H,17,20)(H,18,19). The average Bonchev–Trinajstić information content (AvgIpc) is 2.96. The maximum atomic E-state index is 12.1. The van der Waals surface area contributed by atoms with E-state index in [1.807, 2.05) is 13.8 Å². The SMILES string of the molecule is CCC(C)NC(=O)c1sccc1NC(=O)c1cnccn1. The number of carbonyl (C=O) groups excluding carboxylic acids is 2. The molecule has 0 aliphatic heterocycles. The molecule has 1 atom stereocenters. The molecule has 2 aromatic rings. The summed E-state index contributed by atoms with van der Waals surface area (Å²) < 4.78 is 0. The van der Waals surface area contributed by atoms with E-state index in [1.54, 1.807) is 11.4 Å². The largest absolute Gasteiger partial charge is 0.349 e. The Morgan fingerprint density at radius 3 is 2.81 bits per heavy atom. The van der Waals surface area contributed by atoms with Crippen molar-refractivity contribution >= 4 is 28.8 Å².